The van der Waals surface area contributed by atoms with Crippen molar-refractivity contribution in [2.45, 2.75) is 51.0 Å². The first-order valence-electron chi connectivity index (χ1n) is 7.37. The fraction of sp³-hybridized carbons (Fsp3) is 0.857. The zero-order chi connectivity index (χ0) is 13.7. The summed E-state index contributed by atoms with van der Waals surface area (Å²) in [6, 6.07) is 0.284. The molecule has 5 nitrogen and oxygen atoms in total. The van der Waals surface area contributed by atoms with E-state index in [4.69, 9.17) is 5.11 Å². The van der Waals surface area contributed by atoms with Crippen molar-refractivity contribution in [2.75, 3.05) is 19.7 Å². The highest BCUT2D eigenvalue weighted by molar-refractivity contribution is 5.85. The van der Waals surface area contributed by atoms with Gasteiger partial charge >= 0.3 is 0 Å². The van der Waals surface area contributed by atoms with Gasteiger partial charge in [0, 0.05) is 19.0 Å². The zero-order valence-electron chi connectivity index (χ0n) is 11.4. The van der Waals surface area contributed by atoms with E-state index < -0.39 is 0 Å². The van der Waals surface area contributed by atoms with Gasteiger partial charge in [-0.3, -0.25) is 9.59 Å². The predicted molar refractivity (Wildman–Crippen MR) is 71.4 cm³/mol. The minimum Gasteiger partial charge on any atom is -0.395 e. The first-order valence-corrected chi connectivity index (χ1v) is 7.37. The van der Waals surface area contributed by atoms with Gasteiger partial charge in [0.2, 0.25) is 11.8 Å². The summed E-state index contributed by atoms with van der Waals surface area (Å²) in [5, 5.41) is 11.7. The summed E-state index contributed by atoms with van der Waals surface area (Å²) in [6.45, 7) is 0.433. The molecule has 0 aromatic heterocycles. The molecule has 0 bridgehead atoms. The molecule has 0 aliphatic heterocycles. The first-order chi connectivity index (χ1) is 9.20. The number of hydrogen-bond donors (Lipinski definition) is 2. The number of hydrogen-bond acceptors (Lipinski definition) is 3. The highest BCUT2D eigenvalue weighted by Gasteiger charge is 2.32. The molecule has 0 heterocycles. The molecule has 2 aliphatic carbocycles. The van der Waals surface area contributed by atoms with E-state index >= 15 is 0 Å². The maximum Gasteiger partial charge on any atom is 0.242 e. The smallest absolute Gasteiger partial charge is 0.242 e. The molecule has 108 valence electrons. The monoisotopic (exact) mass is 268 g/mol. The Labute approximate surface area is 114 Å². The third-order valence-corrected chi connectivity index (χ3v) is 4.03. The largest absolute Gasteiger partial charge is 0.395 e. The van der Waals surface area contributed by atoms with E-state index in [-0.39, 0.29) is 31.0 Å². The van der Waals surface area contributed by atoms with E-state index in [2.05, 4.69) is 5.32 Å². The van der Waals surface area contributed by atoms with Gasteiger partial charge < -0.3 is 15.3 Å². The predicted octanol–water partition coefficient (Wildman–Crippen LogP) is 0.666. The Morgan fingerprint density at radius 3 is 2.42 bits per heavy atom. The molecule has 2 amide bonds. The van der Waals surface area contributed by atoms with Crippen molar-refractivity contribution in [3.05, 3.63) is 0 Å². The molecular weight excluding hydrogens is 244 g/mol. The van der Waals surface area contributed by atoms with Gasteiger partial charge in [0.05, 0.1) is 13.2 Å². The number of amides is 2. The molecule has 0 unspecified atom stereocenters. The highest BCUT2D eigenvalue weighted by atomic mass is 16.3. The standard InChI is InChI=1S/C14H24N2O3/c17-8-7-16(12-5-6-12)14(19)10-15-13(18)9-11-3-1-2-4-11/h11-12,17H,1-10H2,(H,15,18). The van der Waals surface area contributed by atoms with Gasteiger partial charge in [0.25, 0.3) is 0 Å². The van der Waals surface area contributed by atoms with Crippen LogP contribution in [0.25, 0.3) is 0 Å². The third-order valence-electron chi connectivity index (χ3n) is 4.03. The summed E-state index contributed by atoms with van der Waals surface area (Å²) in [6.07, 6.45) is 7.31. The lowest BCUT2D eigenvalue weighted by Crippen LogP contribution is -2.42. The lowest BCUT2D eigenvalue weighted by molar-refractivity contribution is -0.134. The van der Waals surface area contributed by atoms with E-state index in [1.54, 1.807) is 4.90 Å². The van der Waals surface area contributed by atoms with Crippen LogP contribution in [0.3, 0.4) is 0 Å². The van der Waals surface area contributed by atoms with Crippen LogP contribution in [0.2, 0.25) is 0 Å². The number of nitrogens with zero attached hydrogens (tertiary/aromatic N) is 1. The molecule has 0 aromatic rings. The van der Waals surface area contributed by atoms with Crippen molar-refractivity contribution in [3.63, 3.8) is 0 Å². The average Bonchev–Trinajstić information content (AvgIpc) is 3.11. The first kappa shape index (κ1) is 14.3. The van der Waals surface area contributed by atoms with Crippen LogP contribution in [-0.4, -0.2) is 47.6 Å². The molecule has 0 spiro atoms. The van der Waals surface area contributed by atoms with Crippen molar-refractivity contribution in [2.24, 2.45) is 5.92 Å². The fourth-order valence-corrected chi connectivity index (χ4v) is 2.83. The number of aliphatic hydroxyl groups is 1. The van der Waals surface area contributed by atoms with Crippen LogP contribution < -0.4 is 5.32 Å². The van der Waals surface area contributed by atoms with Gasteiger partial charge in [-0.15, -0.1) is 0 Å². The van der Waals surface area contributed by atoms with Crippen LogP contribution in [-0.2, 0) is 9.59 Å². The molecule has 0 atom stereocenters. The van der Waals surface area contributed by atoms with Gasteiger partial charge in [0.15, 0.2) is 0 Å². The zero-order valence-corrected chi connectivity index (χ0v) is 11.4. The molecule has 2 rings (SSSR count). The molecule has 2 saturated carbocycles. The average molecular weight is 268 g/mol. The van der Waals surface area contributed by atoms with Crippen molar-refractivity contribution < 1.29 is 14.7 Å². The van der Waals surface area contributed by atoms with E-state index in [0.717, 1.165) is 25.7 Å². The number of rotatable bonds is 7. The van der Waals surface area contributed by atoms with Crippen molar-refractivity contribution in [3.8, 4) is 0 Å². The number of aliphatic hydroxyl groups excluding tert-OH is 1. The van der Waals surface area contributed by atoms with Crippen LogP contribution in [0.15, 0.2) is 0 Å². The second kappa shape index (κ2) is 6.89. The Balaban J connectivity index is 1.67. The van der Waals surface area contributed by atoms with E-state index in [0.29, 0.717) is 18.9 Å². The fourth-order valence-electron chi connectivity index (χ4n) is 2.83. The number of carbonyl (C=O) groups is 2. The second-order valence-electron chi connectivity index (χ2n) is 5.67. The third kappa shape index (κ3) is 4.49. The second-order valence-corrected chi connectivity index (χ2v) is 5.67. The summed E-state index contributed by atoms with van der Waals surface area (Å²) in [7, 11) is 0. The molecule has 0 aromatic carbocycles. The van der Waals surface area contributed by atoms with Crippen LogP contribution in [0.5, 0.6) is 0 Å². The van der Waals surface area contributed by atoms with Gasteiger partial charge in [-0.1, -0.05) is 12.8 Å². The van der Waals surface area contributed by atoms with Crippen LogP contribution in [0.1, 0.15) is 44.9 Å². The summed E-state index contributed by atoms with van der Waals surface area (Å²) < 4.78 is 0. The number of carbonyl (C=O) groups excluding carboxylic acids is 2. The molecule has 2 aliphatic rings. The van der Waals surface area contributed by atoms with E-state index in [1.807, 2.05) is 0 Å². The molecule has 2 N–H and O–H groups in total. The topological polar surface area (TPSA) is 69.6 Å². The molecule has 19 heavy (non-hydrogen) atoms. The Hall–Kier alpha value is -1.10. The van der Waals surface area contributed by atoms with Crippen LogP contribution >= 0.6 is 0 Å². The van der Waals surface area contributed by atoms with E-state index in [9.17, 15) is 9.59 Å². The minimum atomic E-state index is -0.0729. The summed E-state index contributed by atoms with van der Waals surface area (Å²) >= 11 is 0. The normalized spacial score (nSPS) is 19.4. The Bertz CT molecular complexity index is 323. The Kier molecular flexibility index (Phi) is 5.19. The summed E-state index contributed by atoms with van der Waals surface area (Å²) in [5.41, 5.74) is 0. The maximum absolute atomic E-state index is 12.0. The van der Waals surface area contributed by atoms with Gasteiger partial charge in [0.1, 0.15) is 0 Å². The molecule has 2 fully saturated rings. The molecule has 0 saturated heterocycles. The molecule has 0 radical (unpaired) electrons. The lowest BCUT2D eigenvalue weighted by Gasteiger charge is -2.21. The Morgan fingerprint density at radius 1 is 1.16 bits per heavy atom. The highest BCUT2D eigenvalue weighted by Crippen LogP contribution is 2.27. The minimum absolute atomic E-state index is 0.0139. The van der Waals surface area contributed by atoms with E-state index in [1.165, 1.54) is 12.8 Å². The van der Waals surface area contributed by atoms with Crippen LogP contribution in [0, 0.1) is 5.92 Å². The summed E-state index contributed by atoms with van der Waals surface area (Å²) in [4.78, 5) is 25.4. The van der Waals surface area contributed by atoms with Crippen molar-refractivity contribution >= 4 is 11.8 Å². The van der Waals surface area contributed by atoms with Gasteiger partial charge in [-0.2, -0.15) is 0 Å². The number of nitrogens with one attached hydrogen (secondary N) is 1. The lowest BCUT2D eigenvalue weighted by atomic mass is 10.0. The maximum atomic E-state index is 12.0. The van der Waals surface area contributed by atoms with Crippen LogP contribution in [0.4, 0.5) is 0 Å². The van der Waals surface area contributed by atoms with Gasteiger partial charge in [-0.25, -0.2) is 0 Å². The molecule has 5 heteroatoms. The summed E-state index contributed by atoms with van der Waals surface area (Å²) in [5.74, 6) is 0.420. The van der Waals surface area contributed by atoms with Crippen molar-refractivity contribution in [1.82, 2.24) is 10.2 Å². The molecular formula is C14H24N2O3. The van der Waals surface area contributed by atoms with Gasteiger partial charge in [-0.05, 0) is 31.6 Å². The SMILES string of the molecule is O=C(CC1CCCC1)NCC(=O)N(CCO)C1CC1. The quantitative estimate of drug-likeness (QED) is 0.713. The van der Waals surface area contributed by atoms with Crippen molar-refractivity contribution in [1.29, 1.82) is 0 Å². The Morgan fingerprint density at radius 2 is 1.84 bits per heavy atom.